The summed E-state index contributed by atoms with van der Waals surface area (Å²) in [6.07, 6.45) is 6.75. The quantitative estimate of drug-likeness (QED) is 0.568. The van der Waals surface area contributed by atoms with Crippen LogP contribution >= 0.6 is 12.0 Å². The second kappa shape index (κ2) is 6.65. The highest BCUT2D eigenvalue weighted by Crippen LogP contribution is 2.35. The smallest absolute Gasteiger partial charge is 0.147 e. The molecule has 1 N–H and O–H groups in total. The highest BCUT2D eigenvalue weighted by atomic mass is 32.2. The number of allylic oxidation sites excluding steroid dienone is 1. The van der Waals surface area contributed by atoms with E-state index in [0.29, 0.717) is 12.0 Å². The molecule has 0 saturated carbocycles. The van der Waals surface area contributed by atoms with E-state index in [2.05, 4.69) is 22.6 Å². The molecule has 0 amide bonds. The predicted molar refractivity (Wildman–Crippen MR) is 91.1 cm³/mol. The summed E-state index contributed by atoms with van der Waals surface area (Å²) in [6.45, 7) is 3.67. The monoisotopic (exact) mass is 322 g/mol. The molecule has 3 rings (SSSR count). The lowest BCUT2D eigenvalue weighted by Gasteiger charge is -2.17. The molecule has 23 heavy (non-hydrogen) atoms. The molecule has 114 valence electrons. The fourth-order valence-electron chi connectivity index (χ4n) is 2.52. The summed E-state index contributed by atoms with van der Waals surface area (Å²) < 4.78 is 11.5. The Labute approximate surface area is 138 Å². The first-order valence-corrected chi connectivity index (χ1v) is 7.82. The van der Waals surface area contributed by atoms with Crippen LogP contribution in [0.3, 0.4) is 0 Å². The number of hydrogen-bond donors (Lipinski definition) is 1. The largest absolute Gasteiger partial charge is 0.329 e. The normalized spacial score (nSPS) is 13.4. The molecule has 0 fully saturated rings. The molecule has 6 heteroatoms. The Kier molecular flexibility index (Phi) is 4.42. The zero-order chi connectivity index (χ0) is 16.2. The van der Waals surface area contributed by atoms with Crippen molar-refractivity contribution in [3.8, 4) is 11.8 Å². The third-order valence-electron chi connectivity index (χ3n) is 3.67. The predicted octanol–water partition coefficient (Wildman–Crippen LogP) is 3.99. The molecule has 2 atom stereocenters. The molecule has 0 aliphatic rings. The van der Waals surface area contributed by atoms with Crippen LogP contribution in [0.15, 0.2) is 61.7 Å². The molecular formula is C17H14N4OS. The van der Waals surface area contributed by atoms with Crippen molar-refractivity contribution < 1.29 is 4.55 Å². The van der Waals surface area contributed by atoms with E-state index in [4.69, 9.17) is 0 Å². The zero-order valence-electron chi connectivity index (χ0n) is 12.2. The Hall–Kier alpha value is -2.62. The van der Waals surface area contributed by atoms with E-state index >= 15 is 0 Å². The van der Waals surface area contributed by atoms with E-state index in [9.17, 15) is 9.81 Å². The molecule has 3 aromatic rings. The molecule has 5 nitrogen and oxygen atoms in total. The van der Waals surface area contributed by atoms with Crippen molar-refractivity contribution in [2.45, 2.75) is 5.25 Å². The van der Waals surface area contributed by atoms with Crippen LogP contribution in [0.1, 0.15) is 10.8 Å². The number of hydrogen-bond acceptors (Lipinski definition) is 5. The first-order valence-electron chi connectivity index (χ1n) is 6.98. The van der Waals surface area contributed by atoms with E-state index in [-0.39, 0.29) is 5.25 Å². The number of fused-ring (bicyclic) bond motifs is 1. The van der Waals surface area contributed by atoms with Gasteiger partial charge in [0.15, 0.2) is 0 Å². The lowest BCUT2D eigenvalue weighted by molar-refractivity contribution is 0.635. The van der Waals surface area contributed by atoms with Crippen molar-refractivity contribution in [3.63, 3.8) is 0 Å². The SMILES string of the molecule is C=CC(C#N)C(SO)c1cccc(-n2ccc3cncnc32)c1. The summed E-state index contributed by atoms with van der Waals surface area (Å²) in [7, 11) is 0. The van der Waals surface area contributed by atoms with E-state index in [1.165, 1.54) is 6.33 Å². The third kappa shape index (κ3) is 2.84. The van der Waals surface area contributed by atoms with Crippen molar-refractivity contribution >= 4 is 23.1 Å². The van der Waals surface area contributed by atoms with Crippen LogP contribution in [0.2, 0.25) is 0 Å². The van der Waals surface area contributed by atoms with Gasteiger partial charge in [-0.3, -0.25) is 0 Å². The molecule has 0 aliphatic carbocycles. The fourth-order valence-corrected chi connectivity index (χ4v) is 3.09. The highest BCUT2D eigenvalue weighted by molar-refractivity contribution is 7.94. The van der Waals surface area contributed by atoms with Gasteiger partial charge >= 0.3 is 0 Å². The molecule has 0 spiro atoms. The van der Waals surface area contributed by atoms with Gasteiger partial charge in [-0.1, -0.05) is 18.2 Å². The number of benzene rings is 1. The minimum atomic E-state index is -0.469. The average Bonchev–Trinajstić information content (AvgIpc) is 3.03. The topological polar surface area (TPSA) is 74.7 Å². The summed E-state index contributed by atoms with van der Waals surface area (Å²) in [6, 6.07) is 11.8. The Bertz CT molecular complexity index is 883. The van der Waals surface area contributed by atoms with Crippen LogP contribution in [-0.2, 0) is 0 Å². The van der Waals surface area contributed by atoms with Crippen LogP contribution in [0.4, 0.5) is 0 Å². The van der Waals surface area contributed by atoms with E-state index < -0.39 is 5.92 Å². The third-order valence-corrected chi connectivity index (χ3v) is 4.46. The number of nitriles is 1. The summed E-state index contributed by atoms with van der Waals surface area (Å²) in [5, 5.41) is 9.79. The minimum absolute atomic E-state index is 0.381. The van der Waals surface area contributed by atoms with Gasteiger partial charge in [0.25, 0.3) is 0 Å². The van der Waals surface area contributed by atoms with Crippen LogP contribution in [0, 0.1) is 17.2 Å². The average molecular weight is 322 g/mol. The molecule has 2 heterocycles. The van der Waals surface area contributed by atoms with Gasteiger partial charge < -0.3 is 9.12 Å². The van der Waals surface area contributed by atoms with Crippen molar-refractivity contribution in [2.75, 3.05) is 0 Å². The summed E-state index contributed by atoms with van der Waals surface area (Å²) in [4.78, 5) is 8.32. The van der Waals surface area contributed by atoms with E-state index in [1.807, 2.05) is 41.1 Å². The van der Waals surface area contributed by atoms with Gasteiger partial charge in [-0.25, -0.2) is 9.97 Å². The van der Waals surface area contributed by atoms with Crippen LogP contribution in [0.5, 0.6) is 0 Å². The Morgan fingerprint density at radius 1 is 1.39 bits per heavy atom. The van der Waals surface area contributed by atoms with Crippen LogP contribution in [-0.4, -0.2) is 19.1 Å². The standard InChI is InChI=1S/C17H14N4OS/c1-2-12(9-18)16(23-22)13-4-3-5-15(8-13)21-7-6-14-10-19-11-20-17(14)21/h2-8,10-12,16,22H,1H2. The highest BCUT2D eigenvalue weighted by Gasteiger charge is 2.21. The number of aromatic nitrogens is 3. The molecule has 0 aliphatic heterocycles. The molecule has 0 bridgehead atoms. The lowest BCUT2D eigenvalue weighted by atomic mass is 9.99. The number of nitrogens with zero attached hydrogens (tertiary/aromatic N) is 4. The molecule has 2 aromatic heterocycles. The summed E-state index contributed by atoms with van der Waals surface area (Å²) in [5.41, 5.74) is 2.58. The Morgan fingerprint density at radius 3 is 3.00 bits per heavy atom. The minimum Gasteiger partial charge on any atom is -0.329 e. The van der Waals surface area contributed by atoms with E-state index in [1.54, 1.807) is 12.3 Å². The van der Waals surface area contributed by atoms with Gasteiger partial charge in [0.1, 0.15) is 12.0 Å². The van der Waals surface area contributed by atoms with Crippen LogP contribution < -0.4 is 0 Å². The number of rotatable bonds is 5. The van der Waals surface area contributed by atoms with E-state index in [0.717, 1.165) is 22.3 Å². The summed E-state index contributed by atoms with van der Waals surface area (Å²) >= 11 is 0.661. The van der Waals surface area contributed by atoms with Crippen molar-refractivity contribution in [1.82, 2.24) is 14.5 Å². The van der Waals surface area contributed by atoms with Crippen LogP contribution in [0.25, 0.3) is 16.7 Å². The van der Waals surface area contributed by atoms with Gasteiger partial charge in [0.05, 0.1) is 17.2 Å². The lowest BCUT2D eigenvalue weighted by Crippen LogP contribution is -2.06. The molecule has 0 saturated heterocycles. The molecule has 1 aromatic carbocycles. The fraction of sp³-hybridized carbons (Fsp3) is 0.118. The van der Waals surface area contributed by atoms with Gasteiger partial charge in [-0.15, -0.1) is 6.58 Å². The maximum atomic E-state index is 9.60. The Balaban J connectivity index is 2.06. The summed E-state index contributed by atoms with van der Waals surface area (Å²) in [5.74, 6) is -0.469. The second-order valence-electron chi connectivity index (χ2n) is 5.00. The van der Waals surface area contributed by atoms with Gasteiger partial charge in [0.2, 0.25) is 0 Å². The molecule has 2 unspecified atom stereocenters. The van der Waals surface area contributed by atoms with Crippen molar-refractivity contribution in [2.24, 2.45) is 5.92 Å². The zero-order valence-corrected chi connectivity index (χ0v) is 13.0. The van der Waals surface area contributed by atoms with Crippen molar-refractivity contribution in [1.29, 1.82) is 5.26 Å². The van der Waals surface area contributed by atoms with Crippen molar-refractivity contribution in [3.05, 3.63) is 67.3 Å². The molecular weight excluding hydrogens is 308 g/mol. The first-order chi connectivity index (χ1) is 11.3. The van der Waals surface area contributed by atoms with Gasteiger partial charge in [0, 0.05) is 23.5 Å². The second-order valence-corrected chi connectivity index (χ2v) is 5.72. The van der Waals surface area contributed by atoms with Gasteiger partial charge in [-0.2, -0.15) is 5.26 Å². The Morgan fingerprint density at radius 2 is 2.26 bits per heavy atom. The maximum absolute atomic E-state index is 9.60. The molecule has 0 radical (unpaired) electrons. The van der Waals surface area contributed by atoms with Gasteiger partial charge in [-0.05, 0) is 35.8 Å². The first kappa shape index (κ1) is 15.3. The maximum Gasteiger partial charge on any atom is 0.147 e.